The lowest BCUT2D eigenvalue weighted by Crippen LogP contribution is -2.34. The summed E-state index contributed by atoms with van der Waals surface area (Å²) in [6.07, 6.45) is 4.41. The van der Waals surface area contributed by atoms with Crippen LogP contribution in [-0.2, 0) is 4.74 Å². The van der Waals surface area contributed by atoms with E-state index in [2.05, 4.69) is 10.6 Å². The van der Waals surface area contributed by atoms with E-state index < -0.39 is 0 Å². The fourth-order valence-electron chi connectivity index (χ4n) is 3.53. The Balaban J connectivity index is 1.61. The Morgan fingerprint density at radius 2 is 1.75 bits per heavy atom. The Labute approximate surface area is 194 Å². The number of thiocarbonyl (C=S) groups is 1. The van der Waals surface area contributed by atoms with Gasteiger partial charge in [-0.05, 0) is 55.4 Å². The molecule has 3 rings (SSSR count). The van der Waals surface area contributed by atoms with Crippen molar-refractivity contribution in [2.45, 2.75) is 25.7 Å². The number of anilines is 1. The molecule has 2 aromatic rings. The van der Waals surface area contributed by atoms with Gasteiger partial charge < -0.3 is 19.7 Å². The van der Waals surface area contributed by atoms with Gasteiger partial charge in [-0.3, -0.25) is 14.9 Å². The van der Waals surface area contributed by atoms with Crippen molar-refractivity contribution >= 4 is 34.8 Å². The minimum Gasteiger partial charge on any atom is -0.490 e. The van der Waals surface area contributed by atoms with Crippen LogP contribution < -0.4 is 15.4 Å². The van der Waals surface area contributed by atoms with Crippen molar-refractivity contribution in [1.29, 1.82) is 0 Å². The molecule has 0 aliphatic carbocycles. The van der Waals surface area contributed by atoms with Gasteiger partial charge in [0, 0.05) is 31.5 Å². The first-order valence-corrected chi connectivity index (χ1v) is 11.2. The van der Waals surface area contributed by atoms with Gasteiger partial charge in [0.1, 0.15) is 12.4 Å². The van der Waals surface area contributed by atoms with E-state index >= 15 is 0 Å². The highest BCUT2D eigenvalue weighted by Crippen LogP contribution is 2.19. The van der Waals surface area contributed by atoms with Crippen LogP contribution in [0.2, 0.25) is 0 Å². The van der Waals surface area contributed by atoms with Crippen LogP contribution in [0.25, 0.3) is 0 Å². The topological polar surface area (TPSA) is 79.9 Å². The van der Waals surface area contributed by atoms with Crippen LogP contribution in [0.3, 0.4) is 0 Å². The third kappa shape index (κ3) is 6.77. The Morgan fingerprint density at radius 3 is 2.50 bits per heavy atom. The molecule has 32 heavy (non-hydrogen) atoms. The number of rotatable bonds is 7. The Hall–Kier alpha value is -2.97. The van der Waals surface area contributed by atoms with E-state index in [4.69, 9.17) is 21.7 Å². The van der Waals surface area contributed by atoms with Gasteiger partial charge in [0.2, 0.25) is 0 Å². The molecule has 8 heteroatoms. The molecule has 0 unspecified atom stereocenters. The minimum absolute atomic E-state index is 0.0210. The van der Waals surface area contributed by atoms with Crippen molar-refractivity contribution < 1.29 is 19.1 Å². The Morgan fingerprint density at radius 1 is 1.00 bits per heavy atom. The standard InChI is InChI=1S/C24H29N3O4S/c1-30-15-16-31-21-12-5-4-11-20(21)22(28)26-24(32)25-19-10-8-9-18(17-19)23(29)27-13-6-2-3-7-14-27/h4-5,8-12,17H,2-3,6-7,13-16H2,1H3,(H2,25,26,28,32). The number of amides is 2. The molecular weight excluding hydrogens is 426 g/mol. The minimum atomic E-state index is -0.382. The molecule has 0 atom stereocenters. The number of hydrogen-bond acceptors (Lipinski definition) is 5. The van der Waals surface area contributed by atoms with Crippen LogP contribution in [0.4, 0.5) is 5.69 Å². The normalized spacial score (nSPS) is 13.7. The molecule has 0 spiro atoms. The summed E-state index contributed by atoms with van der Waals surface area (Å²) in [7, 11) is 1.59. The number of benzene rings is 2. The monoisotopic (exact) mass is 455 g/mol. The van der Waals surface area contributed by atoms with Crippen molar-refractivity contribution in [3.8, 4) is 5.75 Å². The van der Waals surface area contributed by atoms with Gasteiger partial charge in [-0.25, -0.2) is 0 Å². The van der Waals surface area contributed by atoms with E-state index in [1.165, 1.54) is 12.8 Å². The number of nitrogens with one attached hydrogen (secondary N) is 2. The van der Waals surface area contributed by atoms with Gasteiger partial charge in [0.25, 0.3) is 11.8 Å². The molecule has 1 aliphatic rings. The molecule has 1 fully saturated rings. The second-order valence-corrected chi connectivity index (χ2v) is 7.94. The maximum Gasteiger partial charge on any atom is 0.261 e. The van der Waals surface area contributed by atoms with Gasteiger partial charge in [0.15, 0.2) is 5.11 Å². The number of carbonyl (C=O) groups is 2. The molecule has 2 N–H and O–H groups in total. The van der Waals surface area contributed by atoms with E-state index in [1.807, 2.05) is 4.90 Å². The number of methoxy groups -OCH3 is 1. The molecule has 1 saturated heterocycles. The maximum absolute atomic E-state index is 12.9. The molecule has 7 nitrogen and oxygen atoms in total. The maximum atomic E-state index is 12.9. The lowest BCUT2D eigenvalue weighted by Gasteiger charge is -2.20. The summed E-state index contributed by atoms with van der Waals surface area (Å²) in [5, 5.41) is 5.80. The van der Waals surface area contributed by atoms with Crippen LogP contribution in [0.1, 0.15) is 46.4 Å². The predicted molar refractivity (Wildman–Crippen MR) is 128 cm³/mol. The van der Waals surface area contributed by atoms with Crippen LogP contribution in [0, 0.1) is 0 Å². The first kappa shape index (κ1) is 23.7. The molecule has 0 aromatic heterocycles. The number of para-hydroxylation sites is 1. The average Bonchev–Trinajstić information content (AvgIpc) is 3.09. The number of nitrogens with zero attached hydrogens (tertiary/aromatic N) is 1. The lowest BCUT2D eigenvalue weighted by molar-refractivity contribution is 0.0761. The Kier molecular flexibility index (Phi) is 9.01. The third-order valence-electron chi connectivity index (χ3n) is 5.16. The summed E-state index contributed by atoms with van der Waals surface area (Å²) in [5.41, 5.74) is 1.61. The summed E-state index contributed by atoms with van der Waals surface area (Å²) in [6, 6.07) is 14.1. The number of ether oxygens (including phenoxy) is 2. The van der Waals surface area contributed by atoms with Crippen molar-refractivity contribution in [3.63, 3.8) is 0 Å². The SMILES string of the molecule is COCCOc1ccccc1C(=O)NC(=S)Nc1cccc(C(=O)N2CCCCCC2)c1. The summed E-state index contributed by atoms with van der Waals surface area (Å²) in [6.45, 7) is 2.33. The van der Waals surface area contributed by atoms with Gasteiger partial charge in [-0.15, -0.1) is 0 Å². The summed E-state index contributed by atoms with van der Waals surface area (Å²) in [4.78, 5) is 27.5. The fourth-order valence-corrected chi connectivity index (χ4v) is 3.74. The second-order valence-electron chi connectivity index (χ2n) is 7.53. The highest BCUT2D eigenvalue weighted by Gasteiger charge is 2.18. The van der Waals surface area contributed by atoms with Gasteiger partial charge in [-0.2, -0.15) is 0 Å². The van der Waals surface area contributed by atoms with Gasteiger partial charge >= 0.3 is 0 Å². The summed E-state index contributed by atoms with van der Waals surface area (Å²) in [5.74, 6) is 0.0925. The van der Waals surface area contributed by atoms with Crippen molar-refractivity contribution in [2.24, 2.45) is 0 Å². The molecule has 1 aliphatic heterocycles. The number of carbonyl (C=O) groups excluding carboxylic acids is 2. The molecule has 1 heterocycles. The summed E-state index contributed by atoms with van der Waals surface area (Å²) < 4.78 is 10.6. The average molecular weight is 456 g/mol. The second kappa shape index (κ2) is 12.2. The van der Waals surface area contributed by atoms with E-state index in [9.17, 15) is 9.59 Å². The van der Waals surface area contributed by atoms with E-state index in [1.54, 1.807) is 55.6 Å². The first-order chi connectivity index (χ1) is 15.6. The van der Waals surface area contributed by atoms with E-state index in [0.717, 1.165) is 25.9 Å². The third-order valence-corrected chi connectivity index (χ3v) is 5.37. The van der Waals surface area contributed by atoms with Crippen LogP contribution >= 0.6 is 12.2 Å². The zero-order chi connectivity index (χ0) is 22.8. The zero-order valence-electron chi connectivity index (χ0n) is 18.3. The molecule has 0 saturated carbocycles. The number of likely N-dealkylation sites (tertiary alicyclic amines) is 1. The van der Waals surface area contributed by atoms with Gasteiger partial charge in [-0.1, -0.05) is 31.0 Å². The van der Waals surface area contributed by atoms with Crippen molar-refractivity contribution in [3.05, 3.63) is 59.7 Å². The zero-order valence-corrected chi connectivity index (χ0v) is 19.1. The molecule has 0 bridgehead atoms. The smallest absolute Gasteiger partial charge is 0.261 e. The molecule has 2 amide bonds. The quantitative estimate of drug-likeness (QED) is 0.488. The summed E-state index contributed by atoms with van der Waals surface area (Å²) >= 11 is 5.31. The first-order valence-electron chi connectivity index (χ1n) is 10.8. The molecule has 0 radical (unpaired) electrons. The number of hydrogen-bond donors (Lipinski definition) is 2. The largest absolute Gasteiger partial charge is 0.490 e. The molecule has 170 valence electrons. The fraction of sp³-hybridized carbons (Fsp3) is 0.375. The van der Waals surface area contributed by atoms with E-state index in [0.29, 0.717) is 35.8 Å². The molecular formula is C24H29N3O4S. The van der Waals surface area contributed by atoms with Crippen LogP contribution in [-0.4, -0.2) is 55.2 Å². The highest BCUT2D eigenvalue weighted by atomic mass is 32.1. The van der Waals surface area contributed by atoms with Crippen LogP contribution in [0.5, 0.6) is 5.75 Å². The molecule has 2 aromatic carbocycles. The van der Waals surface area contributed by atoms with Crippen LogP contribution in [0.15, 0.2) is 48.5 Å². The van der Waals surface area contributed by atoms with Crippen molar-refractivity contribution in [1.82, 2.24) is 10.2 Å². The Bertz CT molecular complexity index is 942. The van der Waals surface area contributed by atoms with Gasteiger partial charge in [0.05, 0.1) is 12.2 Å². The highest BCUT2D eigenvalue weighted by molar-refractivity contribution is 7.80. The lowest BCUT2D eigenvalue weighted by atomic mass is 10.1. The predicted octanol–water partition coefficient (Wildman–Crippen LogP) is 3.85. The van der Waals surface area contributed by atoms with E-state index in [-0.39, 0.29) is 16.9 Å². The van der Waals surface area contributed by atoms with Crippen molar-refractivity contribution in [2.75, 3.05) is 38.7 Å².